The standard InChI is InChI=1S/C20H20FN3O2/c1-13-18(14(2)24(23-13)16-7-5-4-6-8-16)12-22-20(25)17-11-15(21)9-10-19(17)26-3/h4-11H,12H2,1-3H3,(H,22,25). The number of nitrogens with zero attached hydrogens (tertiary/aromatic N) is 2. The summed E-state index contributed by atoms with van der Waals surface area (Å²) in [4.78, 5) is 12.5. The Morgan fingerprint density at radius 3 is 2.62 bits per heavy atom. The Morgan fingerprint density at radius 2 is 1.92 bits per heavy atom. The number of methoxy groups -OCH3 is 1. The molecule has 0 aliphatic heterocycles. The highest BCUT2D eigenvalue weighted by atomic mass is 19.1. The fraction of sp³-hybridized carbons (Fsp3) is 0.200. The summed E-state index contributed by atoms with van der Waals surface area (Å²) in [7, 11) is 1.45. The molecular weight excluding hydrogens is 333 g/mol. The number of amides is 1. The summed E-state index contributed by atoms with van der Waals surface area (Å²) < 4.78 is 20.5. The van der Waals surface area contributed by atoms with Crippen LogP contribution in [-0.2, 0) is 6.54 Å². The highest BCUT2D eigenvalue weighted by molar-refractivity contribution is 5.96. The van der Waals surface area contributed by atoms with E-state index in [9.17, 15) is 9.18 Å². The Kier molecular flexibility index (Phi) is 5.02. The van der Waals surface area contributed by atoms with Crippen molar-refractivity contribution in [3.05, 3.63) is 76.9 Å². The molecule has 3 rings (SSSR count). The number of hydrogen-bond donors (Lipinski definition) is 1. The number of halogens is 1. The number of aromatic nitrogens is 2. The normalized spacial score (nSPS) is 10.6. The van der Waals surface area contributed by atoms with E-state index in [1.54, 1.807) is 0 Å². The lowest BCUT2D eigenvalue weighted by atomic mass is 10.1. The van der Waals surface area contributed by atoms with E-state index >= 15 is 0 Å². The third-order valence-electron chi connectivity index (χ3n) is 4.27. The lowest BCUT2D eigenvalue weighted by Gasteiger charge is -2.10. The van der Waals surface area contributed by atoms with Gasteiger partial charge in [0.25, 0.3) is 5.91 Å². The van der Waals surface area contributed by atoms with E-state index in [0.717, 1.165) is 22.6 Å². The van der Waals surface area contributed by atoms with Gasteiger partial charge in [-0.05, 0) is 44.2 Å². The number of carbonyl (C=O) groups is 1. The second kappa shape index (κ2) is 7.39. The number of hydrogen-bond acceptors (Lipinski definition) is 3. The predicted octanol–water partition coefficient (Wildman–Crippen LogP) is 3.57. The average molecular weight is 353 g/mol. The predicted molar refractivity (Wildman–Crippen MR) is 97.2 cm³/mol. The minimum atomic E-state index is -0.486. The zero-order chi connectivity index (χ0) is 18.7. The van der Waals surface area contributed by atoms with Crippen molar-refractivity contribution in [1.29, 1.82) is 0 Å². The van der Waals surface area contributed by atoms with Crippen LogP contribution >= 0.6 is 0 Å². The van der Waals surface area contributed by atoms with Crippen molar-refractivity contribution in [2.75, 3.05) is 7.11 Å². The lowest BCUT2D eigenvalue weighted by molar-refractivity contribution is 0.0947. The third-order valence-corrected chi connectivity index (χ3v) is 4.27. The van der Waals surface area contributed by atoms with Crippen LogP contribution in [0.15, 0.2) is 48.5 Å². The summed E-state index contributed by atoms with van der Waals surface area (Å²) >= 11 is 0. The van der Waals surface area contributed by atoms with Gasteiger partial charge in [-0.2, -0.15) is 5.10 Å². The van der Waals surface area contributed by atoms with E-state index in [-0.39, 0.29) is 5.56 Å². The average Bonchev–Trinajstić information content (AvgIpc) is 2.94. The van der Waals surface area contributed by atoms with Crippen LogP contribution in [0.25, 0.3) is 5.69 Å². The Balaban J connectivity index is 1.82. The second-order valence-corrected chi connectivity index (χ2v) is 5.92. The van der Waals surface area contributed by atoms with Crippen molar-refractivity contribution in [2.24, 2.45) is 0 Å². The number of benzene rings is 2. The number of aryl methyl sites for hydroxylation is 1. The fourth-order valence-electron chi connectivity index (χ4n) is 2.87. The van der Waals surface area contributed by atoms with E-state index in [4.69, 9.17) is 4.74 Å². The van der Waals surface area contributed by atoms with Gasteiger partial charge in [0.2, 0.25) is 0 Å². The molecule has 1 aromatic heterocycles. The molecule has 0 atom stereocenters. The highest BCUT2D eigenvalue weighted by Crippen LogP contribution is 2.21. The topological polar surface area (TPSA) is 56.1 Å². The van der Waals surface area contributed by atoms with Crippen molar-refractivity contribution >= 4 is 5.91 Å². The van der Waals surface area contributed by atoms with Crippen molar-refractivity contribution in [2.45, 2.75) is 20.4 Å². The van der Waals surface area contributed by atoms with Crippen LogP contribution in [-0.4, -0.2) is 22.8 Å². The molecule has 0 unspecified atom stereocenters. The molecule has 5 nitrogen and oxygen atoms in total. The van der Waals surface area contributed by atoms with Gasteiger partial charge in [-0.1, -0.05) is 18.2 Å². The van der Waals surface area contributed by atoms with E-state index in [0.29, 0.717) is 12.3 Å². The van der Waals surface area contributed by atoms with E-state index in [1.165, 1.54) is 25.3 Å². The number of carbonyl (C=O) groups excluding carboxylic acids is 1. The summed E-state index contributed by atoms with van der Waals surface area (Å²) in [6.07, 6.45) is 0. The molecule has 0 radical (unpaired) electrons. The molecule has 134 valence electrons. The zero-order valence-electron chi connectivity index (χ0n) is 14.9. The SMILES string of the molecule is COc1ccc(F)cc1C(=O)NCc1c(C)nn(-c2ccccc2)c1C. The van der Waals surface area contributed by atoms with Gasteiger partial charge in [-0.3, -0.25) is 4.79 Å². The van der Waals surface area contributed by atoms with Gasteiger partial charge in [-0.25, -0.2) is 9.07 Å². The first-order valence-corrected chi connectivity index (χ1v) is 8.23. The van der Waals surface area contributed by atoms with Crippen LogP contribution in [0.2, 0.25) is 0 Å². The fourth-order valence-corrected chi connectivity index (χ4v) is 2.87. The minimum absolute atomic E-state index is 0.165. The molecule has 0 spiro atoms. The maximum Gasteiger partial charge on any atom is 0.255 e. The molecule has 1 N–H and O–H groups in total. The molecule has 0 aliphatic rings. The Morgan fingerprint density at radius 1 is 1.19 bits per heavy atom. The van der Waals surface area contributed by atoms with Gasteiger partial charge in [0.1, 0.15) is 11.6 Å². The molecular formula is C20H20FN3O2. The molecule has 0 fully saturated rings. The maximum atomic E-state index is 13.5. The van der Waals surface area contributed by atoms with Crippen LogP contribution in [0.5, 0.6) is 5.75 Å². The minimum Gasteiger partial charge on any atom is -0.496 e. The smallest absolute Gasteiger partial charge is 0.255 e. The number of ether oxygens (including phenoxy) is 1. The first kappa shape index (κ1) is 17.7. The van der Waals surface area contributed by atoms with E-state index in [2.05, 4.69) is 10.4 Å². The first-order chi connectivity index (χ1) is 12.5. The van der Waals surface area contributed by atoms with Crippen LogP contribution in [0.3, 0.4) is 0 Å². The third kappa shape index (κ3) is 3.44. The summed E-state index contributed by atoms with van der Waals surface area (Å²) in [5.41, 5.74) is 3.83. The molecule has 0 saturated heterocycles. The Bertz CT molecular complexity index is 936. The molecule has 0 aliphatic carbocycles. The van der Waals surface area contributed by atoms with Crippen molar-refractivity contribution < 1.29 is 13.9 Å². The summed E-state index contributed by atoms with van der Waals surface area (Å²) in [5, 5.41) is 7.38. The molecule has 1 heterocycles. The van der Waals surface area contributed by atoms with Gasteiger partial charge in [-0.15, -0.1) is 0 Å². The number of rotatable bonds is 5. The summed E-state index contributed by atoms with van der Waals surface area (Å²) in [5.74, 6) is -0.551. The van der Waals surface area contributed by atoms with Gasteiger partial charge in [0.05, 0.1) is 24.1 Å². The van der Waals surface area contributed by atoms with Crippen LogP contribution < -0.4 is 10.1 Å². The zero-order valence-corrected chi connectivity index (χ0v) is 14.9. The highest BCUT2D eigenvalue weighted by Gasteiger charge is 2.17. The summed E-state index contributed by atoms with van der Waals surface area (Å²) in [6, 6.07) is 13.7. The second-order valence-electron chi connectivity index (χ2n) is 5.92. The van der Waals surface area contributed by atoms with E-state index < -0.39 is 11.7 Å². The monoisotopic (exact) mass is 353 g/mol. The van der Waals surface area contributed by atoms with Crippen LogP contribution in [0, 0.1) is 19.7 Å². The van der Waals surface area contributed by atoms with Gasteiger partial charge < -0.3 is 10.1 Å². The van der Waals surface area contributed by atoms with Crippen molar-refractivity contribution in [1.82, 2.24) is 15.1 Å². The lowest BCUT2D eigenvalue weighted by Crippen LogP contribution is -2.24. The number of para-hydroxylation sites is 1. The Hall–Kier alpha value is -3.15. The van der Waals surface area contributed by atoms with Crippen molar-refractivity contribution in [3.8, 4) is 11.4 Å². The van der Waals surface area contributed by atoms with Crippen LogP contribution in [0.4, 0.5) is 4.39 Å². The quantitative estimate of drug-likeness (QED) is 0.763. The molecule has 3 aromatic rings. The van der Waals surface area contributed by atoms with Crippen molar-refractivity contribution in [3.63, 3.8) is 0 Å². The van der Waals surface area contributed by atoms with Gasteiger partial charge in [0, 0.05) is 17.8 Å². The largest absolute Gasteiger partial charge is 0.496 e. The first-order valence-electron chi connectivity index (χ1n) is 8.23. The summed E-state index contributed by atoms with van der Waals surface area (Å²) in [6.45, 7) is 4.15. The van der Waals surface area contributed by atoms with Crippen LogP contribution in [0.1, 0.15) is 27.3 Å². The molecule has 0 bridgehead atoms. The van der Waals surface area contributed by atoms with Gasteiger partial charge >= 0.3 is 0 Å². The maximum absolute atomic E-state index is 13.5. The molecule has 26 heavy (non-hydrogen) atoms. The van der Waals surface area contributed by atoms with E-state index in [1.807, 2.05) is 48.9 Å². The molecule has 6 heteroatoms. The molecule has 1 amide bonds. The Labute approximate surface area is 151 Å². The van der Waals surface area contributed by atoms with Gasteiger partial charge in [0.15, 0.2) is 0 Å². The molecule has 2 aromatic carbocycles. The molecule has 0 saturated carbocycles. The number of nitrogens with one attached hydrogen (secondary N) is 1.